The third kappa shape index (κ3) is 5.96. The van der Waals surface area contributed by atoms with E-state index < -0.39 is 18.0 Å². The number of hydrogen-bond donors (Lipinski definition) is 1. The van der Waals surface area contributed by atoms with Gasteiger partial charge >= 0.3 is 6.09 Å². The first-order valence-electron chi connectivity index (χ1n) is 18.9. The first-order valence-corrected chi connectivity index (χ1v) is 18.9. The summed E-state index contributed by atoms with van der Waals surface area (Å²) in [5.74, 6) is -0.116. The second-order valence-electron chi connectivity index (χ2n) is 15.3. The number of hydrogen-bond acceptors (Lipinski definition) is 8. The van der Waals surface area contributed by atoms with Crippen molar-refractivity contribution >= 4 is 38.8 Å². The van der Waals surface area contributed by atoms with Crippen LogP contribution in [0.1, 0.15) is 87.3 Å². The van der Waals surface area contributed by atoms with Crippen LogP contribution in [-0.2, 0) is 4.74 Å². The summed E-state index contributed by atoms with van der Waals surface area (Å²) >= 11 is 0. The number of piperidine rings is 1. The number of aromatic nitrogens is 5. The Bertz CT molecular complexity index is 2270. The van der Waals surface area contributed by atoms with Crippen LogP contribution in [0.3, 0.4) is 0 Å². The SMILES string of the molecule is Cc1cc2c(cnn2C2CCCCO2)c(-c2c(C)cc3c(nc(O[C@@H](C)[C@@H]4CCCN4C)c4cnn([C@H]5CCN(C(=O)O)[C@H](CC#N)C5)c43)c2F)c1C. The van der Waals surface area contributed by atoms with E-state index in [4.69, 9.17) is 24.7 Å². The summed E-state index contributed by atoms with van der Waals surface area (Å²) in [5.41, 5.74) is 5.82. The molecule has 13 heteroatoms. The van der Waals surface area contributed by atoms with Crippen LogP contribution >= 0.6 is 0 Å². The summed E-state index contributed by atoms with van der Waals surface area (Å²) in [6.07, 6.45) is 8.21. The number of carboxylic acid groups (broad SMARTS) is 1. The minimum atomic E-state index is -1.03. The number of fused-ring (bicyclic) bond motifs is 4. The summed E-state index contributed by atoms with van der Waals surface area (Å²) in [6.45, 7) is 10.0. The number of carbonyl (C=O) groups is 1. The van der Waals surface area contributed by atoms with Crippen LogP contribution in [0.4, 0.5) is 9.18 Å². The summed E-state index contributed by atoms with van der Waals surface area (Å²) in [4.78, 5) is 20.7. The number of benzene rings is 2. The van der Waals surface area contributed by atoms with Gasteiger partial charge in [-0.15, -0.1) is 0 Å². The lowest BCUT2D eigenvalue weighted by molar-refractivity contribution is -0.0366. The van der Waals surface area contributed by atoms with Gasteiger partial charge in [0, 0.05) is 35.5 Å². The summed E-state index contributed by atoms with van der Waals surface area (Å²) in [5, 5.41) is 31.2. The lowest BCUT2D eigenvalue weighted by Crippen LogP contribution is -2.45. The monoisotopic (exact) mass is 722 g/mol. The molecule has 0 aliphatic carbocycles. The van der Waals surface area contributed by atoms with Crippen LogP contribution in [0.5, 0.6) is 5.88 Å². The molecule has 3 aromatic heterocycles. The van der Waals surface area contributed by atoms with Crippen molar-refractivity contribution in [1.82, 2.24) is 34.3 Å². The number of halogens is 1. The Hall–Kier alpha value is -4.80. The molecule has 5 atom stereocenters. The average Bonchev–Trinajstić information content (AvgIpc) is 3.89. The van der Waals surface area contributed by atoms with Gasteiger partial charge in [0.25, 0.3) is 0 Å². The van der Waals surface area contributed by atoms with Crippen molar-refractivity contribution in [2.24, 2.45) is 0 Å². The van der Waals surface area contributed by atoms with E-state index in [1.807, 2.05) is 42.4 Å². The number of nitrogens with zero attached hydrogens (tertiary/aromatic N) is 8. The molecule has 2 aromatic carbocycles. The zero-order valence-electron chi connectivity index (χ0n) is 31.1. The Kier molecular flexibility index (Phi) is 9.23. The Labute approximate surface area is 308 Å². The van der Waals surface area contributed by atoms with E-state index in [9.17, 15) is 15.2 Å². The third-order valence-corrected chi connectivity index (χ3v) is 12.1. The zero-order chi connectivity index (χ0) is 37.1. The van der Waals surface area contributed by atoms with E-state index in [1.165, 1.54) is 4.90 Å². The quantitative estimate of drug-likeness (QED) is 0.178. The first-order chi connectivity index (χ1) is 25.6. The van der Waals surface area contributed by atoms with E-state index in [0.717, 1.165) is 71.8 Å². The molecular formula is C40H47FN8O4. The molecule has 5 aromatic rings. The minimum absolute atomic E-state index is 0.0793. The van der Waals surface area contributed by atoms with Gasteiger partial charge in [-0.05, 0) is 121 Å². The van der Waals surface area contributed by atoms with E-state index in [0.29, 0.717) is 47.2 Å². The molecule has 0 spiro atoms. The van der Waals surface area contributed by atoms with Crippen LogP contribution < -0.4 is 4.74 Å². The number of likely N-dealkylation sites (tertiary alicyclic amines) is 2. The Morgan fingerprint density at radius 2 is 1.83 bits per heavy atom. The number of amides is 1. The molecule has 1 unspecified atom stereocenters. The first kappa shape index (κ1) is 35.2. The van der Waals surface area contributed by atoms with Crippen molar-refractivity contribution < 1.29 is 23.8 Å². The topological polar surface area (TPSA) is 135 Å². The Morgan fingerprint density at radius 1 is 1.04 bits per heavy atom. The molecule has 3 aliphatic heterocycles. The van der Waals surface area contributed by atoms with Crippen LogP contribution in [0.2, 0.25) is 0 Å². The fraction of sp³-hybridized carbons (Fsp3) is 0.525. The molecular weight excluding hydrogens is 675 g/mol. The van der Waals surface area contributed by atoms with E-state index in [1.54, 1.807) is 6.20 Å². The van der Waals surface area contributed by atoms with Gasteiger partial charge in [-0.3, -0.25) is 9.58 Å². The molecule has 12 nitrogen and oxygen atoms in total. The number of ether oxygens (including phenoxy) is 2. The Balaban J connectivity index is 1.32. The van der Waals surface area contributed by atoms with Gasteiger partial charge in [0.1, 0.15) is 11.6 Å². The maximum Gasteiger partial charge on any atom is 0.407 e. The summed E-state index contributed by atoms with van der Waals surface area (Å²) in [6, 6.07) is 5.78. The predicted molar refractivity (Wildman–Crippen MR) is 200 cm³/mol. The van der Waals surface area contributed by atoms with Crippen LogP contribution in [0.25, 0.3) is 43.8 Å². The van der Waals surface area contributed by atoms with E-state index in [-0.39, 0.29) is 42.9 Å². The van der Waals surface area contributed by atoms with Crippen molar-refractivity contribution in [2.75, 3.05) is 26.7 Å². The van der Waals surface area contributed by atoms with Gasteiger partial charge in [-0.2, -0.15) is 15.5 Å². The normalized spacial score (nSPS) is 23.2. The molecule has 1 N–H and O–H groups in total. The van der Waals surface area contributed by atoms with Gasteiger partial charge in [0.05, 0.1) is 53.4 Å². The van der Waals surface area contributed by atoms with Crippen molar-refractivity contribution in [3.05, 3.63) is 47.0 Å². The number of likely N-dealkylation sites (N-methyl/N-ethyl adjacent to an activating group) is 1. The molecule has 8 rings (SSSR count). The highest BCUT2D eigenvalue weighted by molar-refractivity contribution is 6.09. The molecule has 3 fully saturated rings. The van der Waals surface area contributed by atoms with Crippen LogP contribution in [-0.4, -0.2) is 90.5 Å². The third-order valence-electron chi connectivity index (χ3n) is 12.1. The highest BCUT2D eigenvalue weighted by Gasteiger charge is 2.35. The van der Waals surface area contributed by atoms with E-state index in [2.05, 4.69) is 31.0 Å². The lowest BCUT2D eigenvalue weighted by Gasteiger charge is -2.37. The van der Waals surface area contributed by atoms with Gasteiger partial charge in [0.2, 0.25) is 5.88 Å². The Morgan fingerprint density at radius 3 is 2.55 bits per heavy atom. The summed E-state index contributed by atoms with van der Waals surface area (Å²) in [7, 11) is 2.10. The zero-order valence-corrected chi connectivity index (χ0v) is 31.1. The van der Waals surface area contributed by atoms with Crippen LogP contribution in [0.15, 0.2) is 24.5 Å². The molecule has 6 heterocycles. The van der Waals surface area contributed by atoms with Crippen molar-refractivity contribution in [1.29, 1.82) is 5.26 Å². The molecule has 0 saturated carbocycles. The minimum Gasteiger partial charge on any atom is -0.472 e. The van der Waals surface area contributed by atoms with Crippen molar-refractivity contribution in [2.45, 2.75) is 110 Å². The smallest absolute Gasteiger partial charge is 0.407 e. The van der Waals surface area contributed by atoms with Gasteiger partial charge in [-0.1, -0.05) is 0 Å². The number of aryl methyl sites for hydroxylation is 2. The summed E-state index contributed by atoms with van der Waals surface area (Å²) < 4.78 is 34.3. The molecule has 0 bridgehead atoms. The van der Waals surface area contributed by atoms with Gasteiger partial charge in [-0.25, -0.2) is 18.9 Å². The highest BCUT2D eigenvalue weighted by atomic mass is 19.1. The standard InChI is InChI=1S/C40H47FN8O4/c1-22-18-32-29(20-44-49(32)33-10-6-7-16-52-33)35(24(22)3)34-23(2)17-28-37(36(34)41)45-39(53-25(4)31-9-8-14-46(31)5)30-21-43-48(38(28)30)27-12-15-47(40(50)51)26(19-27)11-13-42/h17-18,20-21,25-27,31,33H,6-12,14-16,19H2,1-5H3,(H,50,51)/t25-,26+,27-,31-,33?/m0/s1. The predicted octanol–water partition coefficient (Wildman–Crippen LogP) is 7.82. The second kappa shape index (κ2) is 13.9. The van der Waals surface area contributed by atoms with Crippen LogP contribution in [0, 0.1) is 37.9 Å². The number of nitriles is 1. The molecule has 53 heavy (non-hydrogen) atoms. The van der Waals surface area contributed by atoms with E-state index >= 15 is 4.39 Å². The van der Waals surface area contributed by atoms with Crippen molar-refractivity contribution in [3.63, 3.8) is 0 Å². The fourth-order valence-electron chi connectivity index (χ4n) is 9.15. The van der Waals surface area contributed by atoms with Crippen molar-refractivity contribution in [3.8, 4) is 23.1 Å². The lowest BCUT2D eigenvalue weighted by atomic mass is 9.89. The largest absolute Gasteiger partial charge is 0.472 e. The average molecular weight is 723 g/mol. The maximum absolute atomic E-state index is 17.7. The molecule has 3 saturated heterocycles. The van der Waals surface area contributed by atoms with Gasteiger partial charge in [0.15, 0.2) is 12.0 Å². The highest BCUT2D eigenvalue weighted by Crippen LogP contribution is 2.44. The number of rotatable bonds is 7. The fourth-order valence-corrected chi connectivity index (χ4v) is 9.15. The molecule has 1 amide bonds. The maximum atomic E-state index is 17.7. The molecule has 3 aliphatic rings. The molecule has 278 valence electrons. The molecule has 0 radical (unpaired) electrons. The second-order valence-corrected chi connectivity index (χ2v) is 15.3. The number of pyridine rings is 1. The van der Waals surface area contributed by atoms with Gasteiger partial charge < -0.3 is 19.5 Å².